The highest BCUT2D eigenvalue weighted by Crippen LogP contribution is 2.32. The Morgan fingerprint density at radius 3 is 2.65 bits per heavy atom. The van der Waals surface area contributed by atoms with Crippen LogP contribution < -0.4 is 14.8 Å². The van der Waals surface area contributed by atoms with Crippen molar-refractivity contribution in [2.75, 3.05) is 26.1 Å². The van der Waals surface area contributed by atoms with Gasteiger partial charge >= 0.3 is 0 Å². The highest BCUT2D eigenvalue weighted by atomic mass is 32.1. The topological polar surface area (TPSA) is 82.1 Å². The van der Waals surface area contributed by atoms with E-state index in [-0.39, 0.29) is 0 Å². The summed E-state index contributed by atoms with van der Waals surface area (Å²) in [5, 5.41) is 12.4. The van der Waals surface area contributed by atoms with Gasteiger partial charge < -0.3 is 14.8 Å². The van der Waals surface area contributed by atoms with Crippen molar-refractivity contribution < 1.29 is 9.47 Å². The molecule has 0 aliphatic heterocycles. The standard InChI is InChI=1S/C18H21N5O2S/c1-11-12(2)26-17(21-11)7-8-19-18-22-15(10-20-23-18)14-6-5-13(24-3)9-16(14)25-4/h5-6,9-10H,7-8H2,1-4H3,(H,19,22,23). The molecular weight excluding hydrogens is 350 g/mol. The van der Waals surface area contributed by atoms with Gasteiger partial charge in [0.2, 0.25) is 5.95 Å². The van der Waals surface area contributed by atoms with Gasteiger partial charge in [0.1, 0.15) is 11.5 Å². The highest BCUT2D eigenvalue weighted by Gasteiger charge is 2.11. The summed E-state index contributed by atoms with van der Waals surface area (Å²) in [6, 6.07) is 5.57. The van der Waals surface area contributed by atoms with Crippen LogP contribution in [0.5, 0.6) is 11.5 Å². The Bertz CT molecular complexity index is 878. The van der Waals surface area contributed by atoms with E-state index >= 15 is 0 Å². The van der Waals surface area contributed by atoms with Crippen LogP contribution in [0.4, 0.5) is 5.95 Å². The molecular formula is C18H21N5O2S. The van der Waals surface area contributed by atoms with Crippen molar-refractivity contribution in [3.63, 3.8) is 0 Å². The Hall–Kier alpha value is -2.74. The van der Waals surface area contributed by atoms with E-state index in [9.17, 15) is 0 Å². The van der Waals surface area contributed by atoms with Crippen LogP contribution in [0.15, 0.2) is 24.4 Å². The predicted molar refractivity (Wildman–Crippen MR) is 102 cm³/mol. The summed E-state index contributed by atoms with van der Waals surface area (Å²) in [6.45, 7) is 4.81. The van der Waals surface area contributed by atoms with Gasteiger partial charge in [0.15, 0.2) is 0 Å². The molecule has 3 rings (SSSR count). The lowest BCUT2D eigenvalue weighted by molar-refractivity contribution is 0.395. The maximum Gasteiger partial charge on any atom is 0.243 e. The van der Waals surface area contributed by atoms with E-state index in [1.165, 1.54) is 4.88 Å². The fourth-order valence-electron chi connectivity index (χ4n) is 2.45. The molecule has 0 aliphatic carbocycles. The molecule has 0 unspecified atom stereocenters. The first kappa shape index (κ1) is 18.1. The molecule has 2 heterocycles. The maximum absolute atomic E-state index is 5.44. The number of thiazole rings is 1. The number of hydrogen-bond acceptors (Lipinski definition) is 8. The van der Waals surface area contributed by atoms with Gasteiger partial charge in [-0.1, -0.05) is 0 Å². The number of nitrogens with zero attached hydrogens (tertiary/aromatic N) is 4. The molecule has 0 spiro atoms. The summed E-state index contributed by atoms with van der Waals surface area (Å²) in [5.74, 6) is 1.87. The second kappa shape index (κ2) is 8.09. The van der Waals surface area contributed by atoms with Crippen LogP contribution in [0.1, 0.15) is 15.6 Å². The van der Waals surface area contributed by atoms with Gasteiger partial charge in [-0.25, -0.2) is 9.97 Å². The number of rotatable bonds is 7. The van der Waals surface area contributed by atoms with Crippen molar-refractivity contribution in [3.05, 3.63) is 40.0 Å². The Labute approximate surface area is 156 Å². The monoisotopic (exact) mass is 371 g/mol. The molecule has 0 saturated carbocycles. The first-order chi connectivity index (χ1) is 12.6. The third kappa shape index (κ3) is 4.08. The van der Waals surface area contributed by atoms with Gasteiger partial charge in [0.05, 0.1) is 36.8 Å². The molecule has 0 aliphatic rings. The van der Waals surface area contributed by atoms with E-state index in [0.29, 0.717) is 23.9 Å². The summed E-state index contributed by atoms with van der Waals surface area (Å²) in [4.78, 5) is 10.3. The minimum absolute atomic E-state index is 0.477. The molecule has 0 radical (unpaired) electrons. The zero-order valence-electron chi connectivity index (χ0n) is 15.2. The van der Waals surface area contributed by atoms with Crippen LogP contribution in [-0.4, -0.2) is 40.9 Å². The lowest BCUT2D eigenvalue weighted by atomic mass is 10.1. The average molecular weight is 371 g/mol. The zero-order chi connectivity index (χ0) is 18.5. The number of benzene rings is 1. The van der Waals surface area contributed by atoms with Crippen LogP contribution >= 0.6 is 11.3 Å². The first-order valence-corrected chi connectivity index (χ1v) is 9.01. The Morgan fingerprint density at radius 1 is 1.12 bits per heavy atom. The van der Waals surface area contributed by atoms with Gasteiger partial charge in [-0.2, -0.15) is 5.10 Å². The smallest absolute Gasteiger partial charge is 0.243 e. The molecule has 2 aromatic heterocycles. The molecule has 136 valence electrons. The van der Waals surface area contributed by atoms with Gasteiger partial charge in [0, 0.05) is 29.5 Å². The SMILES string of the molecule is COc1ccc(-c2cnnc(NCCc3nc(C)c(C)s3)n2)c(OC)c1. The first-order valence-electron chi connectivity index (χ1n) is 8.19. The molecule has 8 heteroatoms. The van der Waals surface area contributed by atoms with Crippen molar-refractivity contribution in [1.82, 2.24) is 20.2 Å². The molecule has 0 fully saturated rings. The van der Waals surface area contributed by atoms with E-state index in [1.807, 2.05) is 25.1 Å². The van der Waals surface area contributed by atoms with Crippen LogP contribution in [0.2, 0.25) is 0 Å². The number of anilines is 1. The van der Waals surface area contributed by atoms with Gasteiger partial charge in [-0.05, 0) is 26.0 Å². The largest absolute Gasteiger partial charge is 0.497 e. The van der Waals surface area contributed by atoms with Gasteiger partial charge in [-0.3, -0.25) is 0 Å². The van der Waals surface area contributed by atoms with Gasteiger partial charge in [0.25, 0.3) is 0 Å². The van der Waals surface area contributed by atoms with Crippen molar-refractivity contribution in [2.45, 2.75) is 20.3 Å². The number of aryl methyl sites for hydroxylation is 2. The summed E-state index contributed by atoms with van der Waals surface area (Å²) in [5.41, 5.74) is 2.61. The molecule has 0 bridgehead atoms. The van der Waals surface area contributed by atoms with E-state index in [4.69, 9.17) is 9.47 Å². The molecule has 26 heavy (non-hydrogen) atoms. The van der Waals surface area contributed by atoms with E-state index in [0.717, 1.165) is 28.4 Å². The zero-order valence-corrected chi connectivity index (χ0v) is 16.1. The summed E-state index contributed by atoms with van der Waals surface area (Å²) >= 11 is 1.72. The summed E-state index contributed by atoms with van der Waals surface area (Å²) in [7, 11) is 3.23. The Balaban J connectivity index is 1.72. The van der Waals surface area contributed by atoms with Crippen LogP contribution in [-0.2, 0) is 6.42 Å². The quantitative estimate of drug-likeness (QED) is 0.682. The lowest BCUT2D eigenvalue weighted by Crippen LogP contribution is -2.09. The normalized spacial score (nSPS) is 10.6. The van der Waals surface area contributed by atoms with Crippen LogP contribution in [0.3, 0.4) is 0 Å². The Kier molecular flexibility index (Phi) is 5.62. The summed E-state index contributed by atoms with van der Waals surface area (Å²) < 4.78 is 10.7. The second-order valence-electron chi connectivity index (χ2n) is 5.66. The number of methoxy groups -OCH3 is 2. The van der Waals surface area contributed by atoms with E-state index in [2.05, 4.69) is 32.4 Å². The molecule has 0 saturated heterocycles. The number of aromatic nitrogens is 4. The number of hydrogen-bond donors (Lipinski definition) is 1. The summed E-state index contributed by atoms with van der Waals surface area (Å²) in [6.07, 6.45) is 2.43. The van der Waals surface area contributed by atoms with Crippen LogP contribution in [0.25, 0.3) is 11.3 Å². The minimum atomic E-state index is 0.477. The number of ether oxygens (including phenoxy) is 2. The predicted octanol–water partition coefficient (Wildman–Crippen LogP) is 3.28. The van der Waals surface area contributed by atoms with E-state index in [1.54, 1.807) is 31.8 Å². The van der Waals surface area contributed by atoms with Gasteiger partial charge in [-0.15, -0.1) is 16.4 Å². The molecule has 1 N–H and O–H groups in total. The third-order valence-corrected chi connectivity index (χ3v) is 5.07. The fourth-order valence-corrected chi connectivity index (χ4v) is 3.38. The van der Waals surface area contributed by atoms with Crippen molar-refractivity contribution in [3.8, 4) is 22.8 Å². The van der Waals surface area contributed by atoms with Crippen molar-refractivity contribution in [1.29, 1.82) is 0 Å². The number of nitrogens with one attached hydrogen (secondary N) is 1. The molecule has 0 amide bonds. The fraction of sp³-hybridized carbons (Fsp3) is 0.333. The molecule has 7 nitrogen and oxygen atoms in total. The van der Waals surface area contributed by atoms with E-state index < -0.39 is 0 Å². The second-order valence-corrected chi connectivity index (χ2v) is 6.95. The molecule has 0 atom stereocenters. The lowest BCUT2D eigenvalue weighted by Gasteiger charge is -2.10. The minimum Gasteiger partial charge on any atom is -0.497 e. The van der Waals surface area contributed by atoms with Crippen molar-refractivity contribution >= 4 is 17.3 Å². The average Bonchev–Trinajstić information content (AvgIpc) is 2.99. The van der Waals surface area contributed by atoms with Crippen LogP contribution in [0, 0.1) is 13.8 Å². The molecule has 3 aromatic rings. The molecule has 1 aromatic carbocycles. The maximum atomic E-state index is 5.44. The highest BCUT2D eigenvalue weighted by molar-refractivity contribution is 7.11. The van der Waals surface area contributed by atoms with Crippen molar-refractivity contribution in [2.24, 2.45) is 0 Å². The third-order valence-electron chi connectivity index (χ3n) is 3.94. The Morgan fingerprint density at radius 2 is 1.96 bits per heavy atom.